The van der Waals surface area contributed by atoms with Gasteiger partial charge in [-0.2, -0.15) is 0 Å². The van der Waals surface area contributed by atoms with Crippen molar-refractivity contribution in [2.24, 2.45) is 0 Å². The van der Waals surface area contributed by atoms with Gasteiger partial charge in [-0.25, -0.2) is 0 Å². The topological polar surface area (TPSA) is 44.8 Å². The highest BCUT2D eigenvalue weighted by Crippen LogP contribution is 2.27. The molecular formula is C23H29N3O2. The van der Waals surface area contributed by atoms with Crippen molar-refractivity contribution in [2.75, 3.05) is 45.2 Å². The number of hydrogen-bond acceptors (Lipinski definition) is 4. The van der Waals surface area contributed by atoms with E-state index in [-0.39, 0.29) is 5.91 Å². The number of benzene rings is 2. The van der Waals surface area contributed by atoms with Crippen molar-refractivity contribution in [3.8, 4) is 5.75 Å². The number of amides is 1. The van der Waals surface area contributed by atoms with Crippen LogP contribution >= 0.6 is 0 Å². The molecule has 5 nitrogen and oxygen atoms in total. The lowest BCUT2D eigenvalue weighted by Crippen LogP contribution is -2.48. The Morgan fingerprint density at radius 1 is 1.07 bits per heavy atom. The quantitative estimate of drug-likeness (QED) is 0.838. The lowest BCUT2D eigenvalue weighted by atomic mass is 10.1. The lowest BCUT2D eigenvalue weighted by Gasteiger charge is -2.35. The first kappa shape index (κ1) is 18.8. The number of aryl methyl sites for hydroxylation is 1. The van der Waals surface area contributed by atoms with E-state index in [2.05, 4.69) is 28.4 Å². The smallest absolute Gasteiger partial charge is 0.222 e. The van der Waals surface area contributed by atoms with Gasteiger partial charge in [0.05, 0.1) is 7.11 Å². The fourth-order valence-electron chi connectivity index (χ4n) is 4.14. The Hall–Kier alpha value is -2.53. The zero-order chi connectivity index (χ0) is 19.3. The second-order valence-corrected chi connectivity index (χ2v) is 7.63. The number of para-hydroxylation sites is 1. The molecule has 2 aliphatic rings. The van der Waals surface area contributed by atoms with E-state index in [0.717, 1.165) is 57.9 Å². The van der Waals surface area contributed by atoms with E-state index < -0.39 is 0 Å². The molecule has 2 aromatic rings. The van der Waals surface area contributed by atoms with Crippen LogP contribution in [0.25, 0.3) is 0 Å². The molecule has 5 heteroatoms. The summed E-state index contributed by atoms with van der Waals surface area (Å²) in [7, 11) is 1.67. The summed E-state index contributed by atoms with van der Waals surface area (Å²) in [5, 5.41) is 3.53. The van der Waals surface area contributed by atoms with Crippen molar-refractivity contribution in [1.82, 2.24) is 9.80 Å². The van der Waals surface area contributed by atoms with E-state index in [1.165, 1.54) is 22.4 Å². The fourth-order valence-corrected chi connectivity index (χ4v) is 4.14. The minimum absolute atomic E-state index is 0.262. The number of rotatable bonds is 6. The Morgan fingerprint density at radius 3 is 2.61 bits per heavy atom. The second kappa shape index (κ2) is 8.65. The molecular weight excluding hydrogens is 350 g/mol. The molecule has 0 unspecified atom stereocenters. The predicted octanol–water partition coefficient (Wildman–Crippen LogP) is 2.94. The third-order valence-corrected chi connectivity index (χ3v) is 5.84. The molecule has 28 heavy (non-hydrogen) atoms. The molecule has 148 valence electrons. The molecule has 0 saturated carbocycles. The highest BCUT2D eigenvalue weighted by atomic mass is 16.5. The van der Waals surface area contributed by atoms with Crippen molar-refractivity contribution in [3.05, 3.63) is 59.2 Å². The molecule has 4 rings (SSSR count). The van der Waals surface area contributed by atoms with E-state index in [9.17, 15) is 4.79 Å². The summed E-state index contributed by atoms with van der Waals surface area (Å²) in [6, 6.07) is 14.6. The molecule has 2 aliphatic heterocycles. The molecule has 1 saturated heterocycles. The second-order valence-electron chi connectivity index (χ2n) is 7.63. The van der Waals surface area contributed by atoms with Crippen LogP contribution in [0.1, 0.15) is 23.1 Å². The van der Waals surface area contributed by atoms with E-state index in [1.54, 1.807) is 7.11 Å². The highest BCUT2D eigenvalue weighted by Gasteiger charge is 2.22. The Balaban J connectivity index is 1.24. The number of carbonyl (C=O) groups is 1. The van der Waals surface area contributed by atoms with E-state index in [0.29, 0.717) is 6.42 Å². The molecule has 0 aliphatic carbocycles. The first-order chi connectivity index (χ1) is 13.7. The Bertz CT molecular complexity index is 811. The summed E-state index contributed by atoms with van der Waals surface area (Å²) in [5.41, 5.74) is 5.33. The molecule has 0 aromatic heterocycles. The number of ether oxygens (including phenoxy) is 1. The molecule has 2 aromatic carbocycles. The number of nitrogens with one attached hydrogen (secondary N) is 1. The zero-order valence-electron chi connectivity index (χ0n) is 16.6. The molecule has 1 N–H and O–H groups in total. The van der Waals surface area contributed by atoms with Crippen LogP contribution in [0.15, 0.2) is 42.5 Å². The van der Waals surface area contributed by atoms with E-state index in [1.807, 2.05) is 29.2 Å². The van der Waals surface area contributed by atoms with Gasteiger partial charge in [-0.05, 0) is 41.7 Å². The number of methoxy groups -OCH3 is 1. The number of hydrogen-bond donors (Lipinski definition) is 1. The molecule has 2 heterocycles. The molecule has 0 bridgehead atoms. The van der Waals surface area contributed by atoms with Crippen LogP contribution in [0, 0.1) is 0 Å². The first-order valence-corrected chi connectivity index (χ1v) is 10.2. The standard InChI is InChI=1S/C23H29N3O2/c1-28-21-8-5-18(6-9-21)7-10-22(27)26-15-13-25(14-16-26)17-20-4-2-3-19-11-12-24-23(19)20/h2-6,8-9,24H,7,10-17H2,1H3. The Morgan fingerprint density at radius 2 is 1.86 bits per heavy atom. The third kappa shape index (κ3) is 4.30. The number of piperazine rings is 1. The van der Waals surface area contributed by atoms with Crippen LogP contribution in [0.5, 0.6) is 5.75 Å². The predicted molar refractivity (Wildman–Crippen MR) is 112 cm³/mol. The van der Waals surface area contributed by atoms with Crippen LogP contribution in [0.4, 0.5) is 5.69 Å². The summed E-state index contributed by atoms with van der Waals surface area (Å²) in [4.78, 5) is 17.1. The van der Waals surface area contributed by atoms with Gasteiger partial charge in [-0.1, -0.05) is 30.3 Å². The van der Waals surface area contributed by atoms with Crippen molar-refractivity contribution in [3.63, 3.8) is 0 Å². The van der Waals surface area contributed by atoms with Crippen molar-refractivity contribution in [2.45, 2.75) is 25.8 Å². The molecule has 0 atom stereocenters. The van der Waals surface area contributed by atoms with Gasteiger partial charge in [-0.3, -0.25) is 9.69 Å². The third-order valence-electron chi connectivity index (χ3n) is 5.84. The van der Waals surface area contributed by atoms with Gasteiger partial charge in [0.1, 0.15) is 5.75 Å². The van der Waals surface area contributed by atoms with Gasteiger partial charge >= 0.3 is 0 Å². The Labute approximate surface area is 167 Å². The SMILES string of the molecule is COc1ccc(CCC(=O)N2CCN(Cc3cccc4c3NCC4)CC2)cc1. The fraction of sp³-hybridized carbons (Fsp3) is 0.435. The zero-order valence-corrected chi connectivity index (χ0v) is 16.6. The summed E-state index contributed by atoms with van der Waals surface area (Å²) in [6.45, 7) is 5.54. The van der Waals surface area contributed by atoms with Crippen LogP contribution in [0.2, 0.25) is 0 Å². The Kier molecular flexibility index (Phi) is 5.81. The molecule has 0 radical (unpaired) electrons. The lowest BCUT2D eigenvalue weighted by molar-refractivity contribution is -0.133. The van der Waals surface area contributed by atoms with Crippen LogP contribution < -0.4 is 10.1 Å². The van der Waals surface area contributed by atoms with Crippen LogP contribution in [-0.4, -0.2) is 55.5 Å². The monoisotopic (exact) mass is 379 g/mol. The van der Waals surface area contributed by atoms with Gasteiger partial charge in [0.15, 0.2) is 0 Å². The highest BCUT2D eigenvalue weighted by molar-refractivity contribution is 5.76. The van der Waals surface area contributed by atoms with Crippen molar-refractivity contribution < 1.29 is 9.53 Å². The average molecular weight is 380 g/mol. The van der Waals surface area contributed by atoms with Gasteiger partial charge in [-0.15, -0.1) is 0 Å². The van der Waals surface area contributed by atoms with E-state index in [4.69, 9.17) is 4.74 Å². The summed E-state index contributed by atoms with van der Waals surface area (Å²) < 4.78 is 5.18. The number of anilines is 1. The number of carbonyl (C=O) groups excluding carboxylic acids is 1. The maximum Gasteiger partial charge on any atom is 0.222 e. The van der Waals surface area contributed by atoms with Crippen LogP contribution in [-0.2, 0) is 24.2 Å². The summed E-state index contributed by atoms with van der Waals surface area (Å²) >= 11 is 0. The minimum atomic E-state index is 0.262. The van der Waals surface area contributed by atoms with Gasteiger partial charge in [0.25, 0.3) is 0 Å². The molecule has 0 spiro atoms. The van der Waals surface area contributed by atoms with Crippen molar-refractivity contribution >= 4 is 11.6 Å². The van der Waals surface area contributed by atoms with Gasteiger partial charge < -0.3 is 15.0 Å². The van der Waals surface area contributed by atoms with Gasteiger partial charge in [0.2, 0.25) is 5.91 Å². The van der Waals surface area contributed by atoms with E-state index >= 15 is 0 Å². The van der Waals surface area contributed by atoms with Crippen LogP contribution in [0.3, 0.4) is 0 Å². The molecule has 1 amide bonds. The van der Waals surface area contributed by atoms with Crippen molar-refractivity contribution in [1.29, 1.82) is 0 Å². The number of nitrogens with zero attached hydrogens (tertiary/aromatic N) is 2. The summed E-state index contributed by atoms with van der Waals surface area (Å²) in [5.74, 6) is 1.11. The van der Waals surface area contributed by atoms with Gasteiger partial charge in [0, 0.05) is 51.4 Å². The number of fused-ring (bicyclic) bond motifs is 1. The summed E-state index contributed by atoms with van der Waals surface area (Å²) in [6.07, 6.45) is 2.48. The minimum Gasteiger partial charge on any atom is -0.497 e. The normalized spacial score (nSPS) is 16.5. The first-order valence-electron chi connectivity index (χ1n) is 10.2. The molecule has 1 fully saturated rings. The largest absolute Gasteiger partial charge is 0.497 e. The maximum atomic E-state index is 12.6. The maximum absolute atomic E-state index is 12.6. The average Bonchev–Trinajstić information content (AvgIpc) is 3.23.